The summed E-state index contributed by atoms with van der Waals surface area (Å²) in [6.45, 7) is 5.79. The first-order valence-electron chi connectivity index (χ1n) is 18.8. The van der Waals surface area contributed by atoms with E-state index in [0.29, 0.717) is 23.7 Å². The van der Waals surface area contributed by atoms with E-state index in [1.165, 1.54) is 71.2 Å². The molecule has 236 valence electrons. The van der Waals surface area contributed by atoms with Crippen molar-refractivity contribution in [2.45, 2.75) is 62.7 Å². The lowest BCUT2D eigenvalue weighted by Gasteiger charge is -2.47. The molecule has 1 heteroatoms. The van der Waals surface area contributed by atoms with Crippen LogP contribution in [0.1, 0.15) is 49.7 Å². The topological polar surface area (TPSA) is 0 Å². The number of rotatable bonds is 6. The third kappa shape index (κ3) is 4.52. The predicted octanol–water partition coefficient (Wildman–Crippen LogP) is 12.4. The third-order valence-electron chi connectivity index (χ3n) is 14.1. The molecule has 8 unspecified atom stereocenters. The SMILES string of the molecule is C[Si](C)(C1C2C=CC=C(c3cccc4ccccc34)C2CC1C1CC1)C1C2C=CC=C(c3cccc4ccccc34)C2CC1C1CC1. The highest BCUT2D eigenvalue weighted by atomic mass is 28.3. The van der Waals surface area contributed by atoms with Crippen LogP contribution in [0, 0.1) is 47.3 Å². The van der Waals surface area contributed by atoms with Gasteiger partial charge in [-0.1, -0.05) is 134 Å². The molecule has 8 atom stereocenters. The second-order valence-corrected chi connectivity index (χ2v) is 21.8. The molecule has 0 bridgehead atoms. The molecule has 0 aromatic heterocycles. The van der Waals surface area contributed by atoms with Gasteiger partial charge in [-0.3, -0.25) is 0 Å². The van der Waals surface area contributed by atoms with Crippen LogP contribution in [0.5, 0.6) is 0 Å². The molecule has 0 aliphatic heterocycles. The van der Waals surface area contributed by atoms with E-state index in [1.54, 1.807) is 11.1 Å². The fraction of sp³-hybridized carbons (Fsp3) is 0.391. The second-order valence-electron chi connectivity index (χ2n) is 16.8. The van der Waals surface area contributed by atoms with Crippen molar-refractivity contribution in [3.05, 3.63) is 133 Å². The Labute approximate surface area is 282 Å². The van der Waals surface area contributed by atoms with Crippen LogP contribution in [0.4, 0.5) is 0 Å². The highest BCUT2D eigenvalue weighted by molar-refractivity contribution is 6.80. The number of benzene rings is 4. The van der Waals surface area contributed by atoms with Crippen molar-refractivity contribution in [3.63, 3.8) is 0 Å². The molecule has 0 N–H and O–H groups in total. The Kier molecular flexibility index (Phi) is 6.56. The maximum Gasteiger partial charge on any atom is 0.0553 e. The van der Waals surface area contributed by atoms with Crippen molar-refractivity contribution in [3.8, 4) is 0 Å². The first-order chi connectivity index (χ1) is 23.1. The van der Waals surface area contributed by atoms with Gasteiger partial charge in [0, 0.05) is 0 Å². The molecule has 4 aromatic rings. The van der Waals surface area contributed by atoms with Gasteiger partial charge in [-0.15, -0.1) is 0 Å². The average Bonchev–Trinajstić information content (AvgIpc) is 4.05. The highest BCUT2D eigenvalue weighted by Crippen LogP contribution is 2.70. The van der Waals surface area contributed by atoms with Crippen LogP contribution in [0.3, 0.4) is 0 Å². The smallest absolute Gasteiger partial charge is 0.0553 e. The van der Waals surface area contributed by atoms with E-state index >= 15 is 0 Å². The molecule has 4 aromatic carbocycles. The number of hydrogen-bond donors (Lipinski definition) is 0. The summed E-state index contributed by atoms with van der Waals surface area (Å²) in [5, 5.41) is 5.63. The average molecular weight is 629 g/mol. The maximum atomic E-state index is 2.89. The molecule has 0 spiro atoms. The summed E-state index contributed by atoms with van der Waals surface area (Å²) in [5.41, 5.74) is 8.01. The minimum absolute atomic E-state index is 0.665. The third-order valence-corrected chi connectivity index (χ3v) is 19.2. The van der Waals surface area contributed by atoms with Gasteiger partial charge < -0.3 is 0 Å². The monoisotopic (exact) mass is 628 g/mol. The molecule has 10 rings (SSSR count). The van der Waals surface area contributed by atoms with E-state index < -0.39 is 8.07 Å². The van der Waals surface area contributed by atoms with Crippen molar-refractivity contribution in [1.29, 1.82) is 0 Å². The van der Waals surface area contributed by atoms with Crippen LogP contribution >= 0.6 is 0 Å². The van der Waals surface area contributed by atoms with Gasteiger partial charge in [0.2, 0.25) is 0 Å². The molecule has 4 fully saturated rings. The lowest BCUT2D eigenvalue weighted by molar-refractivity contribution is 0.415. The van der Waals surface area contributed by atoms with Crippen LogP contribution in [0.15, 0.2) is 121 Å². The Bertz CT molecular complexity index is 1840. The fourth-order valence-electron chi connectivity index (χ4n) is 12.1. The van der Waals surface area contributed by atoms with E-state index in [4.69, 9.17) is 0 Å². The van der Waals surface area contributed by atoms with Gasteiger partial charge in [-0.25, -0.2) is 0 Å². The quantitative estimate of drug-likeness (QED) is 0.186. The van der Waals surface area contributed by atoms with Gasteiger partial charge in [0.1, 0.15) is 0 Å². The van der Waals surface area contributed by atoms with Crippen LogP contribution in [-0.2, 0) is 0 Å². The van der Waals surface area contributed by atoms with Gasteiger partial charge in [-0.2, -0.15) is 0 Å². The van der Waals surface area contributed by atoms with Crippen LogP contribution in [-0.4, -0.2) is 8.07 Å². The second kappa shape index (κ2) is 10.8. The molecule has 47 heavy (non-hydrogen) atoms. The van der Waals surface area contributed by atoms with Gasteiger partial charge >= 0.3 is 0 Å². The Hall–Kier alpha value is -3.42. The summed E-state index contributed by atoms with van der Waals surface area (Å²) in [5.74, 6) is 6.44. The minimum atomic E-state index is -1.75. The molecule has 0 amide bonds. The van der Waals surface area contributed by atoms with Crippen molar-refractivity contribution in [2.75, 3.05) is 0 Å². The molecular formula is C46H48Si. The summed E-state index contributed by atoms with van der Waals surface area (Å²) < 4.78 is 0. The van der Waals surface area contributed by atoms with Gasteiger partial charge in [-0.05, 0) is 141 Å². The number of allylic oxidation sites excluding steroid dienone is 8. The minimum Gasteiger partial charge on any atom is -0.0808 e. The fourth-order valence-corrected chi connectivity index (χ4v) is 18.3. The Morgan fingerprint density at radius 3 is 1.38 bits per heavy atom. The van der Waals surface area contributed by atoms with E-state index in [1.807, 2.05) is 0 Å². The van der Waals surface area contributed by atoms with Gasteiger partial charge in [0.15, 0.2) is 0 Å². The number of fused-ring (bicyclic) bond motifs is 4. The molecule has 0 saturated heterocycles. The van der Waals surface area contributed by atoms with E-state index in [-0.39, 0.29) is 0 Å². The molecule has 4 saturated carbocycles. The molecular weight excluding hydrogens is 581 g/mol. The van der Waals surface area contributed by atoms with Crippen molar-refractivity contribution in [1.82, 2.24) is 0 Å². The Morgan fingerprint density at radius 1 is 0.511 bits per heavy atom. The van der Waals surface area contributed by atoms with E-state index in [0.717, 1.165) is 34.8 Å². The first-order valence-corrected chi connectivity index (χ1v) is 22.0. The summed E-state index contributed by atoms with van der Waals surface area (Å²) in [4.78, 5) is 0. The molecule has 0 radical (unpaired) electrons. The molecule has 6 aliphatic carbocycles. The summed E-state index contributed by atoms with van der Waals surface area (Å²) in [6, 6.07) is 32.2. The van der Waals surface area contributed by atoms with Gasteiger partial charge in [0.05, 0.1) is 8.07 Å². The Balaban J connectivity index is 1.04. The first kappa shape index (κ1) is 28.6. The standard InChI is InChI=1S/C46H48Si/c1-47(2,45-39-21-9-19-37(43(39)27-41(45)31-23-24-31)35-17-7-13-29-11-3-5-15-33(29)35)46-40-22-10-20-38(44(40)28-42(46)32-25-26-32)36-18-8-14-30-12-4-6-16-34(30)36/h3-22,31-32,39-46H,23-28H2,1-2H3. The lowest BCUT2D eigenvalue weighted by atomic mass is 9.80. The largest absolute Gasteiger partial charge is 0.0808 e. The summed E-state index contributed by atoms with van der Waals surface area (Å²) in [6.07, 6.45) is 24.1. The van der Waals surface area contributed by atoms with Crippen molar-refractivity contribution >= 4 is 40.8 Å². The molecule has 6 aliphatic rings. The van der Waals surface area contributed by atoms with Crippen molar-refractivity contribution in [2.24, 2.45) is 47.3 Å². The zero-order chi connectivity index (χ0) is 31.3. The highest BCUT2D eigenvalue weighted by Gasteiger charge is 2.62. The van der Waals surface area contributed by atoms with E-state index in [2.05, 4.69) is 134 Å². The van der Waals surface area contributed by atoms with E-state index in [9.17, 15) is 0 Å². The molecule has 0 nitrogen and oxygen atoms in total. The van der Waals surface area contributed by atoms with Gasteiger partial charge in [0.25, 0.3) is 0 Å². The van der Waals surface area contributed by atoms with Crippen LogP contribution in [0.25, 0.3) is 32.7 Å². The van der Waals surface area contributed by atoms with Crippen LogP contribution in [0.2, 0.25) is 24.2 Å². The zero-order valence-corrected chi connectivity index (χ0v) is 29.1. The molecule has 0 heterocycles. The lowest BCUT2D eigenvalue weighted by Crippen LogP contribution is -2.47. The Morgan fingerprint density at radius 2 is 0.936 bits per heavy atom. The zero-order valence-electron chi connectivity index (χ0n) is 28.1. The summed E-state index contributed by atoms with van der Waals surface area (Å²) in [7, 11) is -1.75. The summed E-state index contributed by atoms with van der Waals surface area (Å²) >= 11 is 0. The number of hydrogen-bond acceptors (Lipinski definition) is 0. The predicted molar refractivity (Wildman–Crippen MR) is 203 cm³/mol. The van der Waals surface area contributed by atoms with Crippen LogP contribution < -0.4 is 0 Å². The van der Waals surface area contributed by atoms with Crippen molar-refractivity contribution < 1.29 is 0 Å². The normalized spacial score (nSPS) is 33.1. The maximum absolute atomic E-state index is 2.89.